The largest absolute Gasteiger partial charge is 0.416 e. The molecule has 0 aromatic heterocycles. The van der Waals surface area contributed by atoms with Crippen LogP contribution in [0.5, 0.6) is 0 Å². The Balaban J connectivity index is 1.91. The summed E-state index contributed by atoms with van der Waals surface area (Å²) in [5, 5.41) is -0.274. The first-order valence-corrected chi connectivity index (χ1v) is 10.8. The second kappa shape index (κ2) is 9.01. The molecule has 3 rings (SSSR count). The number of halogens is 4. The summed E-state index contributed by atoms with van der Waals surface area (Å²) in [4.78, 5) is 1.44. The molecule has 2 aromatic carbocycles. The average molecular weight is 449 g/mol. The zero-order valence-corrected chi connectivity index (χ0v) is 16.9. The van der Waals surface area contributed by atoms with Crippen molar-refractivity contribution in [3.05, 3.63) is 64.7 Å². The molecule has 2 aromatic rings. The van der Waals surface area contributed by atoms with Crippen molar-refractivity contribution >= 4 is 21.6 Å². The van der Waals surface area contributed by atoms with Gasteiger partial charge in [-0.25, -0.2) is 13.1 Å². The van der Waals surface area contributed by atoms with Crippen LogP contribution in [-0.2, 0) is 20.9 Å². The molecule has 1 saturated heterocycles. The number of benzene rings is 2. The van der Waals surface area contributed by atoms with Crippen molar-refractivity contribution < 1.29 is 26.3 Å². The van der Waals surface area contributed by atoms with Crippen molar-refractivity contribution in [3.63, 3.8) is 0 Å². The maximum Gasteiger partial charge on any atom is 0.416 e. The molecule has 0 unspecified atom stereocenters. The minimum atomic E-state index is -4.68. The molecule has 0 spiro atoms. The third kappa shape index (κ3) is 5.70. The van der Waals surface area contributed by atoms with Crippen LogP contribution in [0.2, 0.25) is 5.02 Å². The normalized spacial score (nSPS) is 17.2. The molecule has 1 aliphatic rings. The minimum absolute atomic E-state index is 0.274. The summed E-state index contributed by atoms with van der Waals surface area (Å²) in [5.41, 5.74) is -0.377. The lowest BCUT2D eigenvalue weighted by Crippen LogP contribution is -2.43. The molecule has 10 heteroatoms. The van der Waals surface area contributed by atoms with Gasteiger partial charge in [-0.05, 0) is 23.8 Å². The molecule has 1 N–H and O–H groups in total. The minimum Gasteiger partial charge on any atom is -0.379 e. The molecule has 158 valence electrons. The Morgan fingerprint density at radius 2 is 1.76 bits per heavy atom. The SMILES string of the molecule is O=S(=O)(N[C@H](CN1CCOCC1)c1ccccc1)c1cc(C(F)(F)F)ccc1Cl. The Morgan fingerprint density at radius 3 is 2.38 bits per heavy atom. The third-order valence-corrected chi connectivity index (χ3v) is 6.55. The topological polar surface area (TPSA) is 58.6 Å². The van der Waals surface area contributed by atoms with Gasteiger partial charge in [-0.15, -0.1) is 0 Å². The van der Waals surface area contributed by atoms with E-state index in [1.54, 1.807) is 30.3 Å². The van der Waals surface area contributed by atoms with E-state index in [1.165, 1.54) is 0 Å². The highest BCUT2D eigenvalue weighted by atomic mass is 35.5. The number of sulfonamides is 1. The van der Waals surface area contributed by atoms with Crippen molar-refractivity contribution in [2.45, 2.75) is 17.1 Å². The molecule has 1 heterocycles. The highest BCUT2D eigenvalue weighted by Crippen LogP contribution is 2.33. The summed E-state index contributed by atoms with van der Waals surface area (Å²) in [5.74, 6) is 0. The van der Waals surface area contributed by atoms with Gasteiger partial charge in [-0.1, -0.05) is 41.9 Å². The van der Waals surface area contributed by atoms with E-state index >= 15 is 0 Å². The van der Waals surface area contributed by atoms with E-state index in [9.17, 15) is 21.6 Å². The lowest BCUT2D eigenvalue weighted by atomic mass is 10.1. The third-order valence-electron chi connectivity index (χ3n) is 4.59. The summed E-state index contributed by atoms with van der Waals surface area (Å²) in [6.45, 7) is 2.69. The number of morpholine rings is 1. The van der Waals surface area contributed by atoms with Gasteiger partial charge in [0.1, 0.15) is 4.90 Å². The zero-order valence-electron chi connectivity index (χ0n) is 15.3. The number of ether oxygens (including phenoxy) is 1. The molecular weight excluding hydrogens is 429 g/mol. The first-order valence-electron chi connectivity index (χ1n) is 8.91. The number of rotatable bonds is 6. The Kier molecular flexibility index (Phi) is 6.85. The summed E-state index contributed by atoms with van der Waals surface area (Å²) >= 11 is 5.94. The van der Waals surface area contributed by atoms with Crippen LogP contribution >= 0.6 is 11.6 Å². The fourth-order valence-electron chi connectivity index (χ4n) is 3.07. The first kappa shape index (κ1) is 22.0. The molecule has 0 bridgehead atoms. The molecule has 1 fully saturated rings. The molecule has 5 nitrogen and oxygen atoms in total. The second-order valence-corrected chi connectivity index (χ2v) is 8.73. The average Bonchev–Trinajstić information content (AvgIpc) is 2.68. The highest BCUT2D eigenvalue weighted by Gasteiger charge is 2.33. The van der Waals surface area contributed by atoms with Gasteiger partial charge in [0.2, 0.25) is 10.0 Å². The number of nitrogens with one attached hydrogen (secondary N) is 1. The van der Waals surface area contributed by atoms with Crippen molar-refractivity contribution in [2.75, 3.05) is 32.8 Å². The fraction of sp³-hybridized carbons (Fsp3) is 0.368. The van der Waals surface area contributed by atoms with Crippen LogP contribution in [0.25, 0.3) is 0 Å². The number of hydrogen-bond donors (Lipinski definition) is 1. The summed E-state index contributed by atoms with van der Waals surface area (Å²) < 4.78 is 72.9. The van der Waals surface area contributed by atoms with Crippen LogP contribution in [-0.4, -0.2) is 46.2 Å². The number of nitrogens with zero attached hydrogens (tertiary/aromatic N) is 1. The maximum absolute atomic E-state index is 13.0. The Bertz CT molecular complexity index is 933. The number of hydrogen-bond acceptors (Lipinski definition) is 4. The van der Waals surface area contributed by atoms with Gasteiger partial charge < -0.3 is 4.74 Å². The van der Waals surface area contributed by atoms with Gasteiger partial charge in [0.25, 0.3) is 0 Å². The smallest absolute Gasteiger partial charge is 0.379 e. The van der Waals surface area contributed by atoms with E-state index in [0.717, 1.165) is 12.1 Å². The molecule has 1 atom stereocenters. The van der Waals surface area contributed by atoms with Crippen molar-refractivity contribution in [3.8, 4) is 0 Å². The van der Waals surface area contributed by atoms with Crippen LogP contribution in [0.1, 0.15) is 17.2 Å². The molecule has 0 amide bonds. The van der Waals surface area contributed by atoms with E-state index in [-0.39, 0.29) is 5.02 Å². The van der Waals surface area contributed by atoms with E-state index in [4.69, 9.17) is 16.3 Å². The molecule has 0 saturated carbocycles. The molecule has 0 aliphatic carbocycles. The standard InChI is InChI=1S/C19H20ClF3N2O3S/c20-16-7-6-15(19(21,22)23)12-18(16)29(26,27)24-17(14-4-2-1-3-5-14)13-25-8-10-28-11-9-25/h1-7,12,17,24H,8-11,13H2/t17-/m1/s1. The lowest BCUT2D eigenvalue weighted by Gasteiger charge is -2.31. The monoisotopic (exact) mass is 448 g/mol. The van der Waals surface area contributed by atoms with Gasteiger partial charge in [0, 0.05) is 19.6 Å². The van der Waals surface area contributed by atoms with E-state index < -0.39 is 32.7 Å². The predicted octanol–water partition coefficient (Wildman–Crippen LogP) is 3.71. The predicted molar refractivity (Wildman–Crippen MR) is 103 cm³/mol. The Labute approximate surface area is 172 Å². The van der Waals surface area contributed by atoms with E-state index in [1.807, 2.05) is 4.90 Å². The van der Waals surface area contributed by atoms with Gasteiger partial charge in [0.15, 0.2) is 0 Å². The second-order valence-electron chi connectivity index (χ2n) is 6.64. The summed E-state index contributed by atoms with van der Waals surface area (Å²) in [6, 6.07) is 10.5. The van der Waals surface area contributed by atoms with Gasteiger partial charge >= 0.3 is 6.18 Å². The van der Waals surface area contributed by atoms with Crippen molar-refractivity contribution in [1.82, 2.24) is 9.62 Å². The number of alkyl halides is 3. The van der Waals surface area contributed by atoms with Crippen molar-refractivity contribution in [2.24, 2.45) is 0 Å². The van der Waals surface area contributed by atoms with Gasteiger partial charge in [-0.3, -0.25) is 4.90 Å². The summed E-state index contributed by atoms with van der Waals surface area (Å²) in [6.07, 6.45) is -4.68. The quantitative estimate of drug-likeness (QED) is 0.732. The highest BCUT2D eigenvalue weighted by molar-refractivity contribution is 7.89. The van der Waals surface area contributed by atoms with Crippen molar-refractivity contribution in [1.29, 1.82) is 0 Å². The van der Waals surface area contributed by atoms with Gasteiger partial charge in [0.05, 0.1) is 29.8 Å². The Hall–Kier alpha value is -1.65. The molecule has 0 radical (unpaired) electrons. The van der Waals surface area contributed by atoms with Crippen LogP contribution in [0, 0.1) is 0 Å². The molecule has 29 heavy (non-hydrogen) atoms. The van der Waals surface area contributed by atoms with Crippen LogP contribution in [0.15, 0.2) is 53.4 Å². The van der Waals surface area contributed by atoms with E-state index in [2.05, 4.69) is 4.72 Å². The Morgan fingerprint density at radius 1 is 1.10 bits per heavy atom. The molecule has 1 aliphatic heterocycles. The maximum atomic E-state index is 13.0. The van der Waals surface area contributed by atoms with Crippen LogP contribution in [0.4, 0.5) is 13.2 Å². The summed E-state index contributed by atoms with van der Waals surface area (Å²) in [7, 11) is -4.31. The molecular formula is C19H20ClF3N2O3S. The lowest BCUT2D eigenvalue weighted by molar-refractivity contribution is -0.137. The van der Waals surface area contributed by atoms with Crippen LogP contribution < -0.4 is 4.72 Å². The fourth-order valence-corrected chi connectivity index (χ4v) is 4.82. The van der Waals surface area contributed by atoms with Crippen LogP contribution in [0.3, 0.4) is 0 Å². The van der Waals surface area contributed by atoms with Gasteiger partial charge in [-0.2, -0.15) is 13.2 Å². The van der Waals surface area contributed by atoms with E-state index in [0.29, 0.717) is 44.5 Å². The first-order chi connectivity index (χ1) is 13.7. The zero-order chi connectivity index (χ0) is 21.1.